The molecule has 2 atom stereocenters. The molecule has 1 saturated heterocycles. The first-order chi connectivity index (χ1) is 6.74. The summed E-state index contributed by atoms with van der Waals surface area (Å²) in [4.78, 5) is 11.0. The lowest BCUT2D eigenvalue weighted by atomic mass is 10.1. The van der Waals surface area contributed by atoms with Crippen LogP contribution in [0, 0.1) is 0 Å². The molecule has 1 aromatic rings. The first-order valence-corrected chi connectivity index (χ1v) is 4.59. The van der Waals surface area contributed by atoms with E-state index in [1.54, 1.807) is 0 Å². The van der Waals surface area contributed by atoms with E-state index in [0.29, 0.717) is 0 Å². The molecule has 0 aromatic heterocycles. The Kier molecular flexibility index (Phi) is 1.32. The molecule has 0 radical (unpaired) electrons. The number of nitrogens with one attached hydrogen (secondary N) is 1. The molecule has 0 bridgehead atoms. The van der Waals surface area contributed by atoms with E-state index in [4.69, 9.17) is 10.5 Å². The summed E-state index contributed by atoms with van der Waals surface area (Å²) in [6.45, 7) is 0. The SMILES string of the molecule is Nc1ccc2c(c1)C1NC(=O)OC1C2. The summed E-state index contributed by atoms with van der Waals surface area (Å²) in [5.41, 5.74) is 8.74. The summed E-state index contributed by atoms with van der Waals surface area (Å²) in [6.07, 6.45) is 0.423. The van der Waals surface area contributed by atoms with Gasteiger partial charge in [-0.15, -0.1) is 0 Å². The van der Waals surface area contributed by atoms with Gasteiger partial charge in [-0.05, 0) is 23.3 Å². The van der Waals surface area contributed by atoms with Crippen molar-refractivity contribution in [1.29, 1.82) is 0 Å². The van der Waals surface area contributed by atoms with Gasteiger partial charge < -0.3 is 15.8 Å². The van der Waals surface area contributed by atoms with Crippen LogP contribution in [0.15, 0.2) is 18.2 Å². The number of carbonyl (C=O) groups excluding carboxylic acids is 1. The van der Waals surface area contributed by atoms with Gasteiger partial charge in [0.1, 0.15) is 6.10 Å². The van der Waals surface area contributed by atoms with Gasteiger partial charge in [-0.2, -0.15) is 0 Å². The van der Waals surface area contributed by atoms with Crippen LogP contribution in [-0.2, 0) is 11.2 Å². The molecule has 1 amide bonds. The van der Waals surface area contributed by atoms with E-state index in [1.807, 2.05) is 18.2 Å². The highest BCUT2D eigenvalue weighted by molar-refractivity contribution is 5.72. The van der Waals surface area contributed by atoms with E-state index in [1.165, 1.54) is 5.56 Å². The number of nitrogen functional groups attached to an aromatic ring is 1. The molecule has 1 heterocycles. The van der Waals surface area contributed by atoms with Crippen LogP contribution < -0.4 is 11.1 Å². The number of benzene rings is 1. The molecule has 2 aliphatic rings. The van der Waals surface area contributed by atoms with Crippen molar-refractivity contribution in [3.63, 3.8) is 0 Å². The number of carbonyl (C=O) groups is 1. The average Bonchev–Trinajstić information content (AvgIpc) is 2.62. The summed E-state index contributed by atoms with van der Waals surface area (Å²) in [5.74, 6) is 0. The highest BCUT2D eigenvalue weighted by Crippen LogP contribution is 2.37. The Morgan fingerprint density at radius 3 is 3.21 bits per heavy atom. The average molecular weight is 190 g/mol. The number of anilines is 1. The van der Waals surface area contributed by atoms with Crippen molar-refractivity contribution in [3.05, 3.63) is 29.3 Å². The van der Waals surface area contributed by atoms with Crippen molar-refractivity contribution in [2.75, 3.05) is 5.73 Å². The fourth-order valence-electron chi connectivity index (χ4n) is 2.20. The number of nitrogens with two attached hydrogens (primary N) is 1. The zero-order valence-electron chi connectivity index (χ0n) is 7.49. The molecule has 1 aliphatic heterocycles. The number of ether oxygens (including phenoxy) is 1. The van der Waals surface area contributed by atoms with Gasteiger partial charge >= 0.3 is 6.09 Å². The van der Waals surface area contributed by atoms with E-state index in [9.17, 15) is 4.79 Å². The Bertz CT molecular complexity index is 417. The normalized spacial score (nSPS) is 27.9. The molecule has 1 aliphatic carbocycles. The molecule has 0 spiro atoms. The molecule has 1 fully saturated rings. The zero-order valence-corrected chi connectivity index (χ0v) is 7.49. The van der Waals surface area contributed by atoms with Gasteiger partial charge in [0.05, 0.1) is 6.04 Å². The molecule has 1 aromatic carbocycles. The maximum Gasteiger partial charge on any atom is 0.408 e. The molecule has 72 valence electrons. The van der Waals surface area contributed by atoms with Gasteiger partial charge in [-0.3, -0.25) is 0 Å². The number of rotatable bonds is 0. The predicted molar refractivity (Wildman–Crippen MR) is 50.7 cm³/mol. The lowest BCUT2D eigenvalue weighted by Gasteiger charge is -2.06. The molecule has 14 heavy (non-hydrogen) atoms. The predicted octanol–water partition coefficient (Wildman–Crippen LogP) is 0.974. The van der Waals surface area contributed by atoms with E-state index in [-0.39, 0.29) is 18.2 Å². The van der Waals surface area contributed by atoms with Crippen LogP contribution in [0.1, 0.15) is 17.2 Å². The number of hydrogen-bond donors (Lipinski definition) is 2. The number of fused-ring (bicyclic) bond motifs is 3. The molecule has 2 unspecified atom stereocenters. The molecule has 3 rings (SSSR count). The summed E-state index contributed by atoms with van der Waals surface area (Å²) >= 11 is 0. The summed E-state index contributed by atoms with van der Waals surface area (Å²) in [6, 6.07) is 5.79. The van der Waals surface area contributed by atoms with Gasteiger partial charge in [0.25, 0.3) is 0 Å². The van der Waals surface area contributed by atoms with E-state index in [2.05, 4.69) is 5.32 Å². The van der Waals surface area contributed by atoms with Crippen LogP contribution in [0.5, 0.6) is 0 Å². The van der Waals surface area contributed by atoms with E-state index in [0.717, 1.165) is 17.7 Å². The minimum absolute atomic E-state index is 0.000926. The van der Waals surface area contributed by atoms with Crippen molar-refractivity contribution >= 4 is 11.8 Å². The van der Waals surface area contributed by atoms with Crippen LogP contribution in [0.25, 0.3) is 0 Å². The maximum absolute atomic E-state index is 11.0. The Balaban J connectivity index is 2.07. The van der Waals surface area contributed by atoms with Crippen molar-refractivity contribution in [2.24, 2.45) is 0 Å². The fraction of sp³-hybridized carbons (Fsp3) is 0.300. The minimum Gasteiger partial charge on any atom is -0.443 e. The van der Waals surface area contributed by atoms with Gasteiger partial charge in [0.2, 0.25) is 0 Å². The van der Waals surface area contributed by atoms with Crippen LogP contribution >= 0.6 is 0 Å². The minimum atomic E-state index is -0.326. The van der Waals surface area contributed by atoms with Crippen molar-refractivity contribution in [3.8, 4) is 0 Å². The van der Waals surface area contributed by atoms with Gasteiger partial charge in [-0.1, -0.05) is 6.07 Å². The highest BCUT2D eigenvalue weighted by Gasteiger charge is 2.41. The first-order valence-electron chi connectivity index (χ1n) is 4.59. The quantitative estimate of drug-likeness (QED) is 0.599. The van der Waals surface area contributed by atoms with Crippen LogP contribution in [0.3, 0.4) is 0 Å². The second kappa shape index (κ2) is 2.41. The van der Waals surface area contributed by atoms with Crippen LogP contribution in [0.4, 0.5) is 10.5 Å². The maximum atomic E-state index is 11.0. The third-order valence-electron chi connectivity index (χ3n) is 2.83. The van der Waals surface area contributed by atoms with Crippen molar-refractivity contribution in [2.45, 2.75) is 18.6 Å². The zero-order chi connectivity index (χ0) is 9.71. The van der Waals surface area contributed by atoms with Crippen molar-refractivity contribution in [1.82, 2.24) is 5.32 Å². The number of hydrogen-bond acceptors (Lipinski definition) is 3. The lowest BCUT2D eigenvalue weighted by Crippen LogP contribution is -2.18. The molecule has 3 N–H and O–H groups in total. The second-order valence-electron chi connectivity index (χ2n) is 3.73. The summed E-state index contributed by atoms with van der Waals surface area (Å²) in [5, 5.41) is 2.78. The smallest absolute Gasteiger partial charge is 0.408 e. The Labute approximate surface area is 81.0 Å². The van der Waals surface area contributed by atoms with E-state index < -0.39 is 0 Å². The largest absolute Gasteiger partial charge is 0.443 e. The standard InChI is InChI=1S/C10H10N2O2/c11-6-2-1-5-3-8-9(7(5)4-6)12-10(13)14-8/h1-2,4,8-9H,3,11H2,(H,12,13). The Morgan fingerprint density at radius 2 is 2.36 bits per heavy atom. The van der Waals surface area contributed by atoms with Gasteiger partial charge in [0, 0.05) is 12.1 Å². The third-order valence-corrected chi connectivity index (χ3v) is 2.83. The Hall–Kier alpha value is -1.71. The number of alkyl carbamates (subject to hydrolysis) is 1. The first kappa shape index (κ1) is 7.67. The van der Waals surface area contributed by atoms with Crippen LogP contribution in [0.2, 0.25) is 0 Å². The van der Waals surface area contributed by atoms with E-state index >= 15 is 0 Å². The molecular weight excluding hydrogens is 180 g/mol. The second-order valence-corrected chi connectivity index (χ2v) is 3.73. The van der Waals surface area contributed by atoms with Crippen molar-refractivity contribution < 1.29 is 9.53 Å². The summed E-state index contributed by atoms with van der Waals surface area (Å²) < 4.78 is 5.12. The monoisotopic (exact) mass is 190 g/mol. The summed E-state index contributed by atoms with van der Waals surface area (Å²) in [7, 11) is 0. The van der Waals surface area contributed by atoms with Crippen LogP contribution in [-0.4, -0.2) is 12.2 Å². The third kappa shape index (κ3) is 0.907. The highest BCUT2D eigenvalue weighted by atomic mass is 16.6. The number of amides is 1. The molecule has 4 nitrogen and oxygen atoms in total. The molecular formula is C10H10N2O2. The molecule has 4 heteroatoms. The van der Waals surface area contributed by atoms with Gasteiger partial charge in [-0.25, -0.2) is 4.79 Å². The fourth-order valence-corrected chi connectivity index (χ4v) is 2.20. The Morgan fingerprint density at radius 1 is 1.50 bits per heavy atom. The topological polar surface area (TPSA) is 64.3 Å². The molecule has 0 saturated carbocycles. The van der Waals surface area contributed by atoms with Gasteiger partial charge in [0.15, 0.2) is 0 Å². The lowest BCUT2D eigenvalue weighted by molar-refractivity contribution is 0.136.